The molecule has 2 saturated heterocycles. The number of carboxylic acids is 1. The Balaban J connectivity index is 2.04. The minimum Gasteiger partial charge on any atom is -0.479 e. The molecule has 0 aliphatic carbocycles. The summed E-state index contributed by atoms with van der Waals surface area (Å²) >= 11 is 0. The Hall–Kier alpha value is -1.14. The first-order valence-electron chi connectivity index (χ1n) is 6.97. The van der Waals surface area contributed by atoms with Crippen LogP contribution in [0, 0.1) is 0 Å². The number of rotatable bonds is 2. The lowest BCUT2D eigenvalue weighted by molar-refractivity contribution is -0.193. The van der Waals surface area contributed by atoms with Crippen molar-refractivity contribution in [1.82, 2.24) is 4.90 Å². The van der Waals surface area contributed by atoms with Gasteiger partial charge in [0.05, 0.1) is 11.2 Å². The van der Waals surface area contributed by atoms with Gasteiger partial charge in [0.25, 0.3) is 5.91 Å². The van der Waals surface area contributed by atoms with E-state index in [9.17, 15) is 9.59 Å². The molecule has 114 valence electrons. The van der Waals surface area contributed by atoms with Gasteiger partial charge in [0.15, 0.2) is 6.10 Å². The summed E-state index contributed by atoms with van der Waals surface area (Å²) in [6.07, 6.45) is -0.636. The van der Waals surface area contributed by atoms with Crippen LogP contribution in [0.15, 0.2) is 0 Å². The van der Waals surface area contributed by atoms with Crippen molar-refractivity contribution in [3.63, 3.8) is 0 Å². The lowest BCUT2D eigenvalue weighted by Crippen LogP contribution is -2.60. The molecule has 6 nitrogen and oxygen atoms in total. The molecule has 0 bridgehead atoms. The number of nitrogens with zero attached hydrogens (tertiary/aromatic N) is 1. The Morgan fingerprint density at radius 2 is 1.55 bits per heavy atom. The van der Waals surface area contributed by atoms with Crippen LogP contribution in [0.3, 0.4) is 0 Å². The SMILES string of the molecule is CC1(C)CN(C(=O)[C@@H]2CC[C@H](C(=O)O)O2)CC(C)(C)O1. The molecule has 2 fully saturated rings. The highest BCUT2D eigenvalue weighted by Gasteiger charge is 2.43. The number of ether oxygens (including phenoxy) is 2. The highest BCUT2D eigenvalue weighted by molar-refractivity contribution is 5.83. The van der Waals surface area contributed by atoms with E-state index in [1.165, 1.54) is 0 Å². The van der Waals surface area contributed by atoms with E-state index in [0.717, 1.165) is 0 Å². The molecule has 1 amide bonds. The number of carboxylic acid groups (broad SMARTS) is 1. The van der Waals surface area contributed by atoms with Crippen LogP contribution in [0.1, 0.15) is 40.5 Å². The zero-order chi connectivity index (χ0) is 15.1. The minimum atomic E-state index is -0.997. The number of carbonyl (C=O) groups is 2. The summed E-state index contributed by atoms with van der Waals surface area (Å²) in [6.45, 7) is 8.78. The van der Waals surface area contributed by atoms with Gasteiger partial charge in [0, 0.05) is 13.1 Å². The quantitative estimate of drug-likeness (QED) is 0.820. The number of hydrogen-bond acceptors (Lipinski definition) is 4. The molecule has 2 heterocycles. The van der Waals surface area contributed by atoms with Crippen molar-refractivity contribution >= 4 is 11.9 Å². The standard InChI is InChI=1S/C14H23NO5/c1-13(2)7-15(8-14(3,4)20-13)11(16)9-5-6-10(19-9)12(17)18/h9-10H,5-8H2,1-4H3,(H,17,18)/t9-,10+/m0/s1. The third kappa shape index (κ3) is 3.30. The summed E-state index contributed by atoms with van der Waals surface area (Å²) < 4.78 is 11.3. The highest BCUT2D eigenvalue weighted by Crippen LogP contribution is 2.30. The maximum Gasteiger partial charge on any atom is 0.332 e. The summed E-state index contributed by atoms with van der Waals surface area (Å²) in [5.74, 6) is -1.12. The van der Waals surface area contributed by atoms with Gasteiger partial charge in [-0.1, -0.05) is 0 Å². The molecular formula is C14H23NO5. The van der Waals surface area contributed by atoms with Crippen molar-refractivity contribution in [2.24, 2.45) is 0 Å². The zero-order valence-electron chi connectivity index (χ0n) is 12.5. The van der Waals surface area contributed by atoms with E-state index in [2.05, 4.69) is 0 Å². The second-order valence-electron chi connectivity index (χ2n) is 6.84. The fourth-order valence-electron chi connectivity index (χ4n) is 3.15. The highest BCUT2D eigenvalue weighted by atomic mass is 16.5. The third-order valence-corrected chi connectivity index (χ3v) is 3.58. The molecule has 2 aliphatic heterocycles. The molecular weight excluding hydrogens is 262 g/mol. The summed E-state index contributed by atoms with van der Waals surface area (Å²) in [7, 11) is 0. The van der Waals surface area contributed by atoms with E-state index in [1.54, 1.807) is 4.90 Å². The Morgan fingerprint density at radius 3 is 2.00 bits per heavy atom. The van der Waals surface area contributed by atoms with Crippen LogP contribution in [-0.2, 0) is 19.1 Å². The molecule has 2 aliphatic rings. The zero-order valence-corrected chi connectivity index (χ0v) is 12.5. The molecule has 1 N–H and O–H groups in total. The number of carbonyl (C=O) groups excluding carboxylic acids is 1. The van der Waals surface area contributed by atoms with Crippen LogP contribution in [0.2, 0.25) is 0 Å². The Bertz CT molecular complexity index is 402. The van der Waals surface area contributed by atoms with Gasteiger partial charge < -0.3 is 19.5 Å². The minimum absolute atomic E-state index is 0.127. The Kier molecular flexibility index (Phi) is 3.81. The van der Waals surface area contributed by atoms with Crippen molar-refractivity contribution in [1.29, 1.82) is 0 Å². The maximum absolute atomic E-state index is 12.5. The molecule has 2 atom stereocenters. The molecule has 0 radical (unpaired) electrons. The number of aliphatic carboxylic acids is 1. The van der Waals surface area contributed by atoms with Gasteiger partial charge in [-0.05, 0) is 40.5 Å². The van der Waals surface area contributed by atoms with E-state index < -0.39 is 29.4 Å². The molecule has 20 heavy (non-hydrogen) atoms. The van der Waals surface area contributed by atoms with Gasteiger partial charge in [-0.15, -0.1) is 0 Å². The van der Waals surface area contributed by atoms with E-state index in [4.69, 9.17) is 14.6 Å². The van der Waals surface area contributed by atoms with Crippen molar-refractivity contribution in [2.45, 2.75) is 63.9 Å². The molecule has 0 aromatic heterocycles. The van der Waals surface area contributed by atoms with Gasteiger partial charge >= 0.3 is 5.97 Å². The fourth-order valence-corrected chi connectivity index (χ4v) is 3.15. The Morgan fingerprint density at radius 1 is 1.05 bits per heavy atom. The fraction of sp³-hybridized carbons (Fsp3) is 0.857. The number of morpholine rings is 1. The average Bonchev–Trinajstić information content (AvgIpc) is 2.72. The summed E-state index contributed by atoms with van der Waals surface area (Å²) in [6, 6.07) is 0. The normalized spacial score (nSPS) is 32.1. The molecule has 0 unspecified atom stereocenters. The van der Waals surface area contributed by atoms with Crippen LogP contribution in [0.25, 0.3) is 0 Å². The summed E-state index contributed by atoms with van der Waals surface area (Å²) in [4.78, 5) is 25.1. The summed E-state index contributed by atoms with van der Waals surface area (Å²) in [5.41, 5.74) is -0.829. The van der Waals surface area contributed by atoms with Crippen LogP contribution in [-0.4, -0.2) is 58.4 Å². The predicted octanol–water partition coefficient (Wildman–Crippen LogP) is 1.03. The first-order chi connectivity index (χ1) is 9.10. The molecule has 0 spiro atoms. The Labute approximate surface area is 119 Å². The number of amides is 1. The second kappa shape index (κ2) is 5.00. The van der Waals surface area contributed by atoms with Crippen LogP contribution in [0.5, 0.6) is 0 Å². The van der Waals surface area contributed by atoms with Gasteiger partial charge in [-0.3, -0.25) is 4.79 Å². The lowest BCUT2D eigenvalue weighted by atomic mass is 9.98. The smallest absolute Gasteiger partial charge is 0.332 e. The van der Waals surface area contributed by atoms with Gasteiger partial charge in [0.2, 0.25) is 0 Å². The van der Waals surface area contributed by atoms with Crippen LogP contribution >= 0.6 is 0 Å². The van der Waals surface area contributed by atoms with Gasteiger partial charge in [0.1, 0.15) is 6.10 Å². The average molecular weight is 285 g/mol. The lowest BCUT2D eigenvalue weighted by Gasteiger charge is -2.47. The molecule has 2 rings (SSSR count). The van der Waals surface area contributed by atoms with Gasteiger partial charge in [-0.2, -0.15) is 0 Å². The first-order valence-corrected chi connectivity index (χ1v) is 6.97. The topological polar surface area (TPSA) is 76.1 Å². The van der Waals surface area contributed by atoms with Crippen LogP contribution in [0.4, 0.5) is 0 Å². The number of hydrogen-bond donors (Lipinski definition) is 1. The monoisotopic (exact) mass is 285 g/mol. The first kappa shape index (κ1) is 15.3. The van der Waals surface area contributed by atoms with Crippen LogP contribution < -0.4 is 0 Å². The molecule has 6 heteroatoms. The van der Waals surface area contributed by atoms with E-state index in [-0.39, 0.29) is 5.91 Å². The van der Waals surface area contributed by atoms with E-state index in [1.807, 2.05) is 27.7 Å². The molecule has 0 saturated carbocycles. The van der Waals surface area contributed by atoms with Gasteiger partial charge in [-0.25, -0.2) is 4.79 Å². The van der Waals surface area contributed by atoms with Crippen molar-refractivity contribution in [3.05, 3.63) is 0 Å². The van der Waals surface area contributed by atoms with E-state index >= 15 is 0 Å². The van der Waals surface area contributed by atoms with Crippen molar-refractivity contribution in [3.8, 4) is 0 Å². The largest absolute Gasteiger partial charge is 0.479 e. The summed E-state index contributed by atoms with van der Waals surface area (Å²) in [5, 5.41) is 8.92. The molecule has 0 aromatic rings. The second-order valence-corrected chi connectivity index (χ2v) is 6.84. The van der Waals surface area contributed by atoms with E-state index in [0.29, 0.717) is 25.9 Å². The van der Waals surface area contributed by atoms with Crippen molar-refractivity contribution < 1.29 is 24.2 Å². The maximum atomic E-state index is 12.5. The van der Waals surface area contributed by atoms with Crippen molar-refractivity contribution in [2.75, 3.05) is 13.1 Å². The molecule has 0 aromatic carbocycles. The predicted molar refractivity (Wildman–Crippen MR) is 71.4 cm³/mol. The third-order valence-electron chi connectivity index (χ3n) is 3.58.